The smallest absolute Gasteiger partial charge is 0.330 e. The zero-order valence-corrected chi connectivity index (χ0v) is 15.7. The minimum Gasteiger partial charge on any atom is -0.493 e. The molecule has 6 heteroatoms. The van der Waals surface area contributed by atoms with E-state index in [2.05, 4.69) is 4.98 Å². The van der Waals surface area contributed by atoms with Gasteiger partial charge < -0.3 is 19.2 Å². The van der Waals surface area contributed by atoms with Gasteiger partial charge in [-0.05, 0) is 19.4 Å². The number of nitrogens with one attached hydrogen (secondary N) is 1. The first kappa shape index (κ1) is 19.2. The van der Waals surface area contributed by atoms with Crippen LogP contribution in [0.3, 0.4) is 0 Å². The van der Waals surface area contributed by atoms with Crippen LogP contribution in [0.15, 0.2) is 53.5 Å². The Bertz CT molecular complexity index is 876. The van der Waals surface area contributed by atoms with E-state index in [0.717, 1.165) is 5.57 Å². The van der Waals surface area contributed by atoms with Crippen molar-refractivity contribution in [1.29, 1.82) is 0 Å². The summed E-state index contributed by atoms with van der Waals surface area (Å²) in [5, 5.41) is 0. The topological polar surface area (TPSA) is 65.5 Å². The number of allylic oxidation sites excluding steroid dienone is 6. The first-order valence-electron chi connectivity index (χ1n) is 8.17. The SMILES string of the molecule is C\C=C/C=C(\C=C/C)c1cn(-c2cc(OC)c(OC)c(OC)c2)c(=O)[nH]1. The summed E-state index contributed by atoms with van der Waals surface area (Å²) >= 11 is 0. The lowest BCUT2D eigenvalue weighted by atomic mass is 10.1. The van der Waals surface area contributed by atoms with Crippen molar-refractivity contribution in [2.75, 3.05) is 21.3 Å². The zero-order chi connectivity index (χ0) is 19.1. The van der Waals surface area contributed by atoms with Gasteiger partial charge in [0.05, 0.1) is 32.7 Å². The maximum Gasteiger partial charge on any atom is 0.330 e. The van der Waals surface area contributed by atoms with Crippen LogP contribution in [-0.4, -0.2) is 30.9 Å². The molecular weight excluding hydrogens is 332 g/mol. The summed E-state index contributed by atoms with van der Waals surface area (Å²) < 4.78 is 17.6. The Hall–Kier alpha value is -3.15. The minimum atomic E-state index is -0.259. The van der Waals surface area contributed by atoms with Crippen LogP contribution in [0.1, 0.15) is 19.5 Å². The van der Waals surface area contributed by atoms with Crippen molar-refractivity contribution < 1.29 is 14.2 Å². The molecule has 138 valence electrons. The maximum absolute atomic E-state index is 12.5. The first-order valence-corrected chi connectivity index (χ1v) is 8.17. The van der Waals surface area contributed by atoms with E-state index in [-0.39, 0.29) is 5.69 Å². The van der Waals surface area contributed by atoms with E-state index in [1.807, 2.05) is 44.2 Å². The van der Waals surface area contributed by atoms with Crippen LogP contribution in [0.2, 0.25) is 0 Å². The number of ether oxygens (including phenoxy) is 3. The number of H-pyrrole nitrogens is 1. The van der Waals surface area contributed by atoms with E-state index in [4.69, 9.17) is 14.2 Å². The average molecular weight is 356 g/mol. The normalized spacial score (nSPS) is 12.1. The molecule has 0 fully saturated rings. The van der Waals surface area contributed by atoms with Gasteiger partial charge in [0, 0.05) is 18.3 Å². The standard InChI is InChI=1S/C20H24N2O4/c1-6-8-10-14(9-7-2)16-13-22(20(23)21-16)15-11-17(24-3)19(26-5)18(12-15)25-4/h6-13H,1-5H3,(H,21,23)/b8-6-,9-7-,14-10+. The molecule has 0 aliphatic heterocycles. The lowest BCUT2D eigenvalue weighted by molar-refractivity contribution is 0.324. The molecule has 26 heavy (non-hydrogen) atoms. The Kier molecular flexibility index (Phi) is 6.49. The highest BCUT2D eigenvalue weighted by molar-refractivity contribution is 5.73. The molecule has 0 spiro atoms. The molecule has 1 aromatic heterocycles. The van der Waals surface area contributed by atoms with Crippen molar-refractivity contribution in [3.63, 3.8) is 0 Å². The summed E-state index contributed by atoms with van der Waals surface area (Å²) in [5.41, 5.74) is 1.96. The molecule has 1 aromatic carbocycles. The van der Waals surface area contributed by atoms with Crippen molar-refractivity contribution >= 4 is 5.57 Å². The lowest BCUT2D eigenvalue weighted by Crippen LogP contribution is -2.14. The Labute approximate surface area is 153 Å². The molecule has 0 saturated carbocycles. The van der Waals surface area contributed by atoms with Crippen molar-refractivity contribution in [2.45, 2.75) is 13.8 Å². The Morgan fingerprint density at radius 1 is 1.04 bits per heavy atom. The highest BCUT2D eigenvalue weighted by Gasteiger charge is 2.16. The fraction of sp³-hybridized carbons (Fsp3) is 0.250. The van der Waals surface area contributed by atoms with Crippen LogP contribution >= 0.6 is 0 Å². The van der Waals surface area contributed by atoms with Gasteiger partial charge in [-0.2, -0.15) is 0 Å². The third-order valence-electron chi connectivity index (χ3n) is 3.77. The highest BCUT2D eigenvalue weighted by atomic mass is 16.5. The summed E-state index contributed by atoms with van der Waals surface area (Å²) in [7, 11) is 4.61. The molecule has 1 heterocycles. The molecule has 6 nitrogen and oxygen atoms in total. The quantitative estimate of drug-likeness (QED) is 0.768. The van der Waals surface area contributed by atoms with Gasteiger partial charge >= 0.3 is 5.69 Å². The van der Waals surface area contributed by atoms with Crippen LogP contribution in [0.5, 0.6) is 17.2 Å². The number of benzene rings is 1. The zero-order valence-electron chi connectivity index (χ0n) is 15.7. The number of aromatic amines is 1. The molecule has 0 amide bonds. The molecule has 0 saturated heterocycles. The summed E-state index contributed by atoms with van der Waals surface area (Å²) in [6, 6.07) is 3.46. The highest BCUT2D eigenvalue weighted by Crippen LogP contribution is 2.39. The van der Waals surface area contributed by atoms with Crippen molar-refractivity contribution in [2.24, 2.45) is 0 Å². The van der Waals surface area contributed by atoms with E-state index >= 15 is 0 Å². The second-order valence-electron chi connectivity index (χ2n) is 5.37. The third-order valence-corrected chi connectivity index (χ3v) is 3.77. The largest absolute Gasteiger partial charge is 0.493 e. The monoisotopic (exact) mass is 356 g/mol. The van der Waals surface area contributed by atoms with Crippen LogP contribution in [0, 0.1) is 0 Å². The van der Waals surface area contributed by atoms with Crippen LogP contribution < -0.4 is 19.9 Å². The van der Waals surface area contributed by atoms with Crippen molar-refractivity contribution in [3.8, 4) is 22.9 Å². The number of imidazole rings is 1. The van der Waals surface area contributed by atoms with E-state index in [9.17, 15) is 4.79 Å². The summed E-state index contributed by atoms with van der Waals surface area (Å²) in [5.74, 6) is 1.44. The fourth-order valence-corrected chi connectivity index (χ4v) is 2.55. The Morgan fingerprint density at radius 2 is 1.69 bits per heavy atom. The summed E-state index contributed by atoms with van der Waals surface area (Å²) in [6.07, 6.45) is 11.4. The number of hydrogen-bond donors (Lipinski definition) is 1. The van der Waals surface area contributed by atoms with E-state index in [1.165, 1.54) is 25.9 Å². The molecule has 0 radical (unpaired) electrons. The molecule has 2 aromatic rings. The second kappa shape index (κ2) is 8.80. The van der Waals surface area contributed by atoms with Crippen molar-refractivity contribution in [3.05, 3.63) is 64.9 Å². The first-order chi connectivity index (χ1) is 12.6. The number of nitrogens with zero attached hydrogens (tertiary/aromatic N) is 1. The number of rotatable bonds is 7. The Balaban J connectivity index is 2.60. The number of aromatic nitrogens is 2. The van der Waals surface area contributed by atoms with Gasteiger partial charge in [-0.3, -0.25) is 4.57 Å². The summed E-state index contributed by atoms with van der Waals surface area (Å²) in [4.78, 5) is 15.4. The van der Waals surface area contributed by atoms with E-state index in [1.54, 1.807) is 18.3 Å². The van der Waals surface area contributed by atoms with Crippen molar-refractivity contribution in [1.82, 2.24) is 9.55 Å². The van der Waals surface area contributed by atoms with Gasteiger partial charge in [0.15, 0.2) is 11.5 Å². The van der Waals surface area contributed by atoms with Gasteiger partial charge in [0.1, 0.15) is 0 Å². The maximum atomic E-state index is 12.5. The van der Waals surface area contributed by atoms with Gasteiger partial charge in [-0.1, -0.05) is 30.4 Å². The lowest BCUT2D eigenvalue weighted by Gasteiger charge is -2.14. The predicted molar refractivity (Wildman–Crippen MR) is 104 cm³/mol. The molecule has 0 atom stereocenters. The van der Waals surface area contributed by atoms with E-state index < -0.39 is 0 Å². The van der Waals surface area contributed by atoms with Crippen LogP contribution in [0.25, 0.3) is 11.3 Å². The fourth-order valence-electron chi connectivity index (χ4n) is 2.55. The number of methoxy groups -OCH3 is 3. The molecule has 0 bridgehead atoms. The molecule has 0 aliphatic rings. The Morgan fingerprint density at radius 3 is 2.19 bits per heavy atom. The summed E-state index contributed by atoms with van der Waals surface area (Å²) in [6.45, 7) is 3.87. The third kappa shape index (κ3) is 3.91. The molecule has 1 N–H and O–H groups in total. The predicted octanol–water partition coefficient (Wildman–Crippen LogP) is 3.73. The van der Waals surface area contributed by atoms with Gasteiger partial charge in [0.25, 0.3) is 0 Å². The molecule has 0 unspecified atom stereocenters. The second-order valence-corrected chi connectivity index (χ2v) is 5.37. The molecule has 2 rings (SSSR count). The van der Waals surface area contributed by atoms with Gasteiger partial charge in [-0.15, -0.1) is 0 Å². The van der Waals surface area contributed by atoms with Crippen LogP contribution in [-0.2, 0) is 0 Å². The molecular formula is C20H24N2O4. The van der Waals surface area contributed by atoms with Gasteiger partial charge in [-0.25, -0.2) is 4.79 Å². The van der Waals surface area contributed by atoms with Gasteiger partial charge in [0.2, 0.25) is 5.75 Å². The van der Waals surface area contributed by atoms with E-state index in [0.29, 0.717) is 28.6 Å². The number of hydrogen-bond acceptors (Lipinski definition) is 4. The van der Waals surface area contributed by atoms with Crippen LogP contribution in [0.4, 0.5) is 0 Å². The average Bonchev–Trinajstić information content (AvgIpc) is 3.05. The molecule has 0 aliphatic carbocycles. The minimum absolute atomic E-state index is 0.259.